The number of allylic oxidation sites excluding steroid dienone is 1. The summed E-state index contributed by atoms with van der Waals surface area (Å²) in [5.41, 5.74) is 0. The number of halogens is 1. The van der Waals surface area contributed by atoms with Crippen molar-refractivity contribution < 1.29 is 17.0 Å². The van der Waals surface area contributed by atoms with E-state index < -0.39 is 0 Å². The summed E-state index contributed by atoms with van der Waals surface area (Å²) in [4.78, 5) is 0. The molecule has 0 bridgehead atoms. The zero-order chi connectivity index (χ0) is 5.33. The molecule has 1 heterocycles. The minimum absolute atomic E-state index is 0. The third kappa shape index (κ3) is 1.64. The van der Waals surface area contributed by atoms with Crippen LogP contribution in [0.3, 0.4) is 0 Å². The Labute approximate surface area is 55.5 Å². The molecule has 0 aromatic heterocycles. The van der Waals surface area contributed by atoms with Crippen molar-refractivity contribution in [3.63, 3.8) is 0 Å². The van der Waals surface area contributed by atoms with E-state index in [1.54, 1.807) is 6.21 Å². The Morgan fingerprint density at radius 3 is 2.12 bits per heavy atom. The van der Waals surface area contributed by atoms with Gasteiger partial charge in [0.05, 0.1) is 20.3 Å². The van der Waals surface area contributed by atoms with Crippen LogP contribution in [0.2, 0.25) is 0 Å². The third-order valence-electron chi connectivity index (χ3n) is 0.901. The van der Waals surface area contributed by atoms with Gasteiger partial charge in [-0.2, -0.15) is 4.59 Å². The number of hydrogen-bond acceptors (Lipinski definition) is 1. The summed E-state index contributed by atoms with van der Waals surface area (Å²) in [6, 6.07) is 0. The lowest BCUT2D eigenvalue weighted by Crippen LogP contribution is -3.00. The number of quaternary nitrogens is 1. The molecule has 8 heavy (non-hydrogen) atoms. The lowest BCUT2D eigenvalue weighted by atomic mass is 10.7. The average molecular weight is 133 g/mol. The summed E-state index contributed by atoms with van der Waals surface area (Å²) in [5.74, 6) is 0. The summed E-state index contributed by atoms with van der Waals surface area (Å²) < 4.78 is 0.639. The highest BCUT2D eigenvalue weighted by Gasteiger charge is 2.09. The van der Waals surface area contributed by atoms with Gasteiger partial charge < -0.3 is 12.4 Å². The first kappa shape index (κ1) is 7.66. The minimum atomic E-state index is 0. The van der Waals surface area contributed by atoms with Crippen molar-refractivity contribution in [2.24, 2.45) is 5.10 Å². The van der Waals surface area contributed by atoms with Crippen LogP contribution in [0.15, 0.2) is 17.4 Å². The third-order valence-corrected chi connectivity index (χ3v) is 0.901. The highest BCUT2D eigenvalue weighted by molar-refractivity contribution is 5.71. The summed E-state index contributed by atoms with van der Waals surface area (Å²) in [6.45, 7) is 0. The normalized spacial score (nSPS) is 20.8. The van der Waals surface area contributed by atoms with Gasteiger partial charge in [0.1, 0.15) is 6.20 Å². The second-order valence-corrected chi connectivity index (χ2v) is 2.09. The molecule has 46 valence electrons. The molecular weight excluding hydrogens is 124 g/mol. The first-order valence-electron chi connectivity index (χ1n) is 2.28. The van der Waals surface area contributed by atoms with Gasteiger partial charge in [-0.25, -0.2) is 0 Å². The monoisotopic (exact) mass is 132 g/mol. The van der Waals surface area contributed by atoms with E-state index in [4.69, 9.17) is 0 Å². The van der Waals surface area contributed by atoms with Gasteiger partial charge in [0.25, 0.3) is 0 Å². The van der Waals surface area contributed by atoms with E-state index in [0.717, 1.165) is 0 Å². The van der Waals surface area contributed by atoms with Gasteiger partial charge in [-0.1, -0.05) is 5.10 Å². The summed E-state index contributed by atoms with van der Waals surface area (Å²) >= 11 is 0. The van der Waals surface area contributed by atoms with Gasteiger partial charge in [-0.3, -0.25) is 0 Å². The highest BCUT2D eigenvalue weighted by atomic mass is 35.5. The fraction of sp³-hybridized carbons (Fsp3) is 0.400. The van der Waals surface area contributed by atoms with Crippen molar-refractivity contribution in [1.29, 1.82) is 0 Å². The van der Waals surface area contributed by atoms with E-state index in [1.165, 1.54) is 0 Å². The number of rotatable bonds is 0. The molecule has 0 saturated heterocycles. The maximum atomic E-state index is 4.07. The standard InChI is InChI=1S/C5H9N2.ClH/c1-7(2)5-3-4-6-7;/h3-5H,1-2H3;1H/q+1;/p-1. The fourth-order valence-corrected chi connectivity index (χ4v) is 0.498. The van der Waals surface area contributed by atoms with E-state index in [9.17, 15) is 0 Å². The van der Waals surface area contributed by atoms with E-state index in [-0.39, 0.29) is 12.4 Å². The molecule has 1 rings (SSSR count). The molecule has 1 aliphatic rings. The van der Waals surface area contributed by atoms with E-state index >= 15 is 0 Å². The Hall–Kier alpha value is -0.340. The Balaban J connectivity index is 0.000000490. The van der Waals surface area contributed by atoms with Crippen LogP contribution in [0.5, 0.6) is 0 Å². The van der Waals surface area contributed by atoms with Crippen LogP contribution in [0, 0.1) is 0 Å². The van der Waals surface area contributed by atoms with Gasteiger partial charge in [0.15, 0.2) is 0 Å². The molecular formula is C5H9ClN2. The number of nitrogens with zero attached hydrogens (tertiary/aromatic N) is 2. The molecule has 0 atom stereocenters. The maximum absolute atomic E-state index is 4.07. The Morgan fingerprint density at radius 1 is 1.38 bits per heavy atom. The first-order valence-corrected chi connectivity index (χ1v) is 2.28. The molecule has 0 saturated carbocycles. The van der Waals surface area contributed by atoms with Crippen LogP contribution >= 0.6 is 0 Å². The van der Waals surface area contributed by atoms with E-state index in [0.29, 0.717) is 4.59 Å². The Kier molecular flexibility index (Phi) is 2.19. The lowest BCUT2D eigenvalue weighted by molar-refractivity contribution is -0.842. The molecule has 0 spiro atoms. The van der Waals surface area contributed by atoms with Crippen LogP contribution < -0.4 is 12.4 Å². The molecule has 1 aliphatic heterocycles. The summed E-state index contributed by atoms with van der Waals surface area (Å²) in [6.07, 6.45) is 5.76. The second kappa shape index (κ2) is 2.29. The van der Waals surface area contributed by atoms with Crippen LogP contribution in [-0.2, 0) is 0 Å². The molecule has 0 radical (unpaired) electrons. The zero-order valence-electron chi connectivity index (χ0n) is 5.00. The Bertz CT molecular complexity index is 112. The molecule has 0 amide bonds. The zero-order valence-corrected chi connectivity index (χ0v) is 5.76. The van der Waals surface area contributed by atoms with Gasteiger partial charge in [-0.05, 0) is 0 Å². The highest BCUT2D eigenvalue weighted by Crippen LogP contribution is 2.02. The van der Waals surface area contributed by atoms with Gasteiger partial charge >= 0.3 is 0 Å². The van der Waals surface area contributed by atoms with Crippen LogP contribution in [0.1, 0.15) is 0 Å². The Morgan fingerprint density at radius 2 is 2.00 bits per heavy atom. The van der Waals surface area contributed by atoms with Crippen LogP contribution in [0.4, 0.5) is 0 Å². The van der Waals surface area contributed by atoms with Crippen molar-refractivity contribution in [3.05, 3.63) is 12.3 Å². The SMILES string of the molecule is C[N+]1(C)C=CC=N1.[Cl-]. The topological polar surface area (TPSA) is 12.4 Å². The number of hydrogen-bond donors (Lipinski definition) is 0. The first-order chi connectivity index (χ1) is 3.21. The largest absolute Gasteiger partial charge is 1.00 e. The molecule has 0 aromatic carbocycles. The van der Waals surface area contributed by atoms with Crippen molar-refractivity contribution in [2.75, 3.05) is 14.1 Å². The maximum Gasteiger partial charge on any atom is 0.124 e. The molecule has 0 fully saturated rings. The van der Waals surface area contributed by atoms with Gasteiger partial charge in [-0.15, -0.1) is 0 Å². The average Bonchev–Trinajstić information content (AvgIpc) is 1.84. The van der Waals surface area contributed by atoms with Crippen molar-refractivity contribution >= 4 is 6.21 Å². The molecule has 3 heteroatoms. The van der Waals surface area contributed by atoms with Crippen LogP contribution in [-0.4, -0.2) is 24.9 Å². The fourth-order valence-electron chi connectivity index (χ4n) is 0.498. The van der Waals surface area contributed by atoms with E-state index in [1.807, 2.05) is 26.4 Å². The minimum Gasteiger partial charge on any atom is -1.00 e. The predicted molar refractivity (Wildman–Crippen MR) is 29.7 cm³/mol. The molecule has 0 unspecified atom stereocenters. The van der Waals surface area contributed by atoms with Gasteiger partial charge in [0.2, 0.25) is 0 Å². The second-order valence-electron chi connectivity index (χ2n) is 2.09. The van der Waals surface area contributed by atoms with Crippen molar-refractivity contribution in [1.82, 2.24) is 0 Å². The van der Waals surface area contributed by atoms with Crippen molar-refractivity contribution in [2.45, 2.75) is 0 Å². The smallest absolute Gasteiger partial charge is 0.124 e. The van der Waals surface area contributed by atoms with Gasteiger partial charge in [0, 0.05) is 6.08 Å². The van der Waals surface area contributed by atoms with E-state index in [2.05, 4.69) is 5.10 Å². The quantitative estimate of drug-likeness (QED) is 0.326. The summed E-state index contributed by atoms with van der Waals surface area (Å²) in [7, 11) is 4.03. The predicted octanol–water partition coefficient (Wildman–Crippen LogP) is -2.42. The molecule has 0 aliphatic carbocycles. The van der Waals surface area contributed by atoms with Crippen molar-refractivity contribution in [3.8, 4) is 0 Å². The molecule has 0 N–H and O–H groups in total. The van der Waals surface area contributed by atoms with Crippen LogP contribution in [0.25, 0.3) is 0 Å². The summed E-state index contributed by atoms with van der Waals surface area (Å²) in [5, 5.41) is 4.07. The molecule has 0 aromatic rings. The lowest BCUT2D eigenvalue weighted by Gasteiger charge is -2.10. The molecule has 2 nitrogen and oxygen atoms in total.